The lowest BCUT2D eigenvalue weighted by Gasteiger charge is -2.18. The molecule has 0 bridgehead atoms. The molecule has 5 heteroatoms. The first-order valence-electron chi connectivity index (χ1n) is 5.69. The van der Waals surface area contributed by atoms with E-state index in [0.717, 1.165) is 12.8 Å². The molecule has 1 amide bonds. The van der Waals surface area contributed by atoms with Gasteiger partial charge in [0.05, 0.1) is 0 Å². The van der Waals surface area contributed by atoms with E-state index in [9.17, 15) is 9.59 Å². The summed E-state index contributed by atoms with van der Waals surface area (Å²) in [5.74, 6) is -0.888. The summed E-state index contributed by atoms with van der Waals surface area (Å²) in [5, 5.41) is 11.5. The van der Waals surface area contributed by atoms with Crippen LogP contribution in [0.15, 0.2) is 0 Å². The number of carbonyl (C=O) groups is 2. The molecule has 1 fully saturated rings. The molecule has 5 nitrogen and oxygen atoms in total. The molecule has 1 saturated carbocycles. The van der Waals surface area contributed by atoms with Crippen LogP contribution in [0.25, 0.3) is 0 Å². The fraction of sp³-hybridized carbons (Fsp3) is 0.818. The predicted octanol–water partition coefficient (Wildman–Crippen LogP) is 0.339. The van der Waals surface area contributed by atoms with Crippen molar-refractivity contribution in [3.63, 3.8) is 0 Å². The maximum atomic E-state index is 11.6. The van der Waals surface area contributed by atoms with Gasteiger partial charge in [-0.15, -0.1) is 0 Å². The maximum absolute atomic E-state index is 11.6. The first kappa shape index (κ1) is 13.0. The summed E-state index contributed by atoms with van der Waals surface area (Å²) in [7, 11) is 0. The van der Waals surface area contributed by atoms with Gasteiger partial charge in [-0.1, -0.05) is 13.8 Å². The summed E-state index contributed by atoms with van der Waals surface area (Å²) >= 11 is 0. The van der Waals surface area contributed by atoms with Crippen LogP contribution in [0.3, 0.4) is 0 Å². The van der Waals surface area contributed by atoms with Crippen LogP contribution < -0.4 is 11.1 Å². The molecule has 0 aromatic carbocycles. The van der Waals surface area contributed by atoms with Crippen LogP contribution >= 0.6 is 0 Å². The van der Waals surface area contributed by atoms with Gasteiger partial charge in [-0.3, -0.25) is 4.79 Å². The molecule has 0 radical (unpaired) electrons. The highest BCUT2D eigenvalue weighted by atomic mass is 16.4. The Kier molecular flexibility index (Phi) is 4.29. The zero-order valence-corrected chi connectivity index (χ0v) is 9.77. The van der Waals surface area contributed by atoms with Crippen molar-refractivity contribution < 1.29 is 14.7 Å². The van der Waals surface area contributed by atoms with Crippen molar-refractivity contribution >= 4 is 11.9 Å². The van der Waals surface area contributed by atoms with E-state index in [1.807, 2.05) is 13.8 Å². The molecule has 0 aliphatic heterocycles. The molecule has 1 rings (SSSR count). The molecule has 1 aliphatic rings. The summed E-state index contributed by atoms with van der Waals surface area (Å²) in [6.45, 7) is 3.88. The second-order valence-corrected chi connectivity index (χ2v) is 4.83. The van der Waals surface area contributed by atoms with Crippen LogP contribution in [0.2, 0.25) is 0 Å². The number of nitrogens with one attached hydrogen (secondary N) is 1. The maximum Gasteiger partial charge on any atom is 0.326 e. The first-order chi connectivity index (χ1) is 7.41. The van der Waals surface area contributed by atoms with Crippen LogP contribution in [-0.2, 0) is 9.59 Å². The molecule has 0 aromatic heterocycles. The molecule has 2 unspecified atom stereocenters. The number of hydrogen-bond donors (Lipinski definition) is 3. The Morgan fingerprint density at radius 1 is 1.44 bits per heavy atom. The van der Waals surface area contributed by atoms with Gasteiger partial charge >= 0.3 is 5.97 Å². The minimum absolute atomic E-state index is 0.108. The van der Waals surface area contributed by atoms with Gasteiger partial charge in [0.2, 0.25) is 5.91 Å². The van der Waals surface area contributed by atoms with Crippen LogP contribution in [0.5, 0.6) is 0 Å². The van der Waals surface area contributed by atoms with Gasteiger partial charge in [-0.05, 0) is 24.7 Å². The number of rotatable bonds is 6. The van der Waals surface area contributed by atoms with Gasteiger partial charge in [0.25, 0.3) is 0 Å². The number of carboxylic acid groups (broad SMARTS) is 1. The Hall–Kier alpha value is -1.10. The molecule has 0 spiro atoms. The summed E-state index contributed by atoms with van der Waals surface area (Å²) in [4.78, 5) is 22.4. The van der Waals surface area contributed by atoms with Crippen LogP contribution in [0.1, 0.15) is 33.1 Å². The summed E-state index contributed by atoms with van der Waals surface area (Å²) in [5.41, 5.74) is 5.75. The molecule has 2 atom stereocenters. The van der Waals surface area contributed by atoms with Crippen LogP contribution in [0.4, 0.5) is 0 Å². The normalized spacial score (nSPS) is 19.2. The first-order valence-corrected chi connectivity index (χ1v) is 5.69. The number of carboxylic acids is 1. The van der Waals surface area contributed by atoms with Crippen molar-refractivity contribution in [1.82, 2.24) is 5.32 Å². The predicted molar refractivity (Wildman–Crippen MR) is 59.7 cm³/mol. The third-order valence-electron chi connectivity index (χ3n) is 2.95. The van der Waals surface area contributed by atoms with E-state index in [-0.39, 0.29) is 30.2 Å². The molecule has 0 heterocycles. The number of nitrogens with two attached hydrogens (primary N) is 1. The molecule has 4 N–H and O–H groups in total. The average Bonchev–Trinajstić information content (AvgIpc) is 2.96. The number of amides is 1. The number of aliphatic carboxylic acids is 1. The van der Waals surface area contributed by atoms with E-state index < -0.39 is 12.0 Å². The summed E-state index contributed by atoms with van der Waals surface area (Å²) < 4.78 is 0. The van der Waals surface area contributed by atoms with Crippen LogP contribution in [0, 0.1) is 11.8 Å². The van der Waals surface area contributed by atoms with Crippen molar-refractivity contribution in [1.29, 1.82) is 0 Å². The summed E-state index contributed by atoms with van der Waals surface area (Å²) in [6.07, 6.45) is 1.95. The highest BCUT2D eigenvalue weighted by molar-refractivity contribution is 5.84. The van der Waals surface area contributed by atoms with Gasteiger partial charge in [-0.2, -0.15) is 0 Å². The Bertz CT molecular complexity index is 274. The average molecular weight is 228 g/mol. The van der Waals surface area contributed by atoms with Crippen molar-refractivity contribution in [2.24, 2.45) is 17.6 Å². The van der Waals surface area contributed by atoms with Gasteiger partial charge in [0, 0.05) is 12.5 Å². The van der Waals surface area contributed by atoms with E-state index in [1.54, 1.807) is 0 Å². The molecular formula is C11H20N2O3. The van der Waals surface area contributed by atoms with Crippen molar-refractivity contribution in [2.75, 3.05) is 0 Å². The molecular weight excluding hydrogens is 208 g/mol. The lowest BCUT2D eigenvalue weighted by atomic mass is 10.0. The standard InChI is InChI=1S/C11H20N2O3/c1-6(2)8(12)5-9(14)13-10(11(15)16)7-3-4-7/h6-8,10H,3-5,12H2,1-2H3,(H,13,14)(H,15,16). The second kappa shape index (κ2) is 5.30. The molecule has 0 aromatic rings. The highest BCUT2D eigenvalue weighted by Gasteiger charge is 2.37. The van der Waals surface area contributed by atoms with Crippen molar-refractivity contribution in [3.8, 4) is 0 Å². The zero-order valence-electron chi connectivity index (χ0n) is 9.77. The molecule has 92 valence electrons. The highest BCUT2D eigenvalue weighted by Crippen LogP contribution is 2.32. The topological polar surface area (TPSA) is 92.4 Å². The van der Waals surface area contributed by atoms with E-state index >= 15 is 0 Å². The van der Waals surface area contributed by atoms with Crippen LogP contribution in [-0.4, -0.2) is 29.1 Å². The van der Waals surface area contributed by atoms with E-state index in [2.05, 4.69) is 5.32 Å². The fourth-order valence-electron chi connectivity index (χ4n) is 1.49. The molecule has 0 saturated heterocycles. The van der Waals surface area contributed by atoms with E-state index in [4.69, 9.17) is 10.8 Å². The second-order valence-electron chi connectivity index (χ2n) is 4.83. The Labute approximate surface area is 95.4 Å². The Balaban J connectivity index is 2.39. The fourth-order valence-corrected chi connectivity index (χ4v) is 1.49. The third kappa shape index (κ3) is 3.81. The minimum Gasteiger partial charge on any atom is -0.480 e. The van der Waals surface area contributed by atoms with Gasteiger partial charge in [-0.25, -0.2) is 4.79 Å². The SMILES string of the molecule is CC(C)C(N)CC(=O)NC(C(=O)O)C1CC1. The third-order valence-corrected chi connectivity index (χ3v) is 2.95. The largest absolute Gasteiger partial charge is 0.480 e. The number of hydrogen-bond acceptors (Lipinski definition) is 3. The Morgan fingerprint density at radius 3 is 2.38 bits per heavy atom. The summed E-state index contributed by atoms with van der Waals surface area (Å²) in [6, 6.07) is -0.944. The van der Waals surface area contributed by atoms with E-state index in [1.165, 1.54) is 0 Å². The van der Waals surface area contributed by atoms with Gasteiger partial charge < -0.3 is 16.2 Å². The van der Waals surface area contributed by atoms with Crippen molar-refractivity contribution in [2.45, 2.75) is 45.2 Å². The van der Waals surface area contributed by atoms with Gasteiger partial charge in [0.1, 0.15) is 6.04 Å². The quantitative estimate of drug-likeness (QED) is 0.611. The van der Waals surface area contributed by atoms with Crippen molar-refractivity contribution in [3.05, 3.63) is 0 Å². The lowest BCUT2D eigenvalue weighted by Crippen LogP contribution is -2.44. The monoisotopic (exact) mass is 228 g/mol. The Morgan fingerprint density at radius 2 is 2.00 bits per heavy atom. The van der Waals surface area contributed by atoms with E-state index in [0.29, 0.717) is 0 Å². The molecule has 16 heavy (non-hydrogen) atoms. The zero-order chi connectivity index (χ0) is 12.3. The minimum atomic E-state index is -0.950. The molecule has 1 aliphatic carbocycles. The lowest BCUT2D eigenvalue weighted by molar-refractivity contribution is -0.142. The van der Waals surface area contributed by atoms with Gasteiger partial charge in [0.15, 0.2) is 0 Å². The smallest absolute Gasteiger partial charge is 0.326 e. The number of carbonyl (C=O) groups excluding carboxylic acids is 1.